The van der Waals surface area contributed by atoms with E-state index in [1.807, 2.05) is 0 Å². The molecule has 0 atom stereocenters. The first kappa shape index (κ1) is 54.5. The van der Waals surface area contributed by atoms with Crippen LogP contribution in [0.2, 0.25) is 0 Å². The van der Waals surface area contributed by atoms with Crippen LogP contribution >= 0.6 is 0 Å². The Morgan fingerprint density at radius 1 is 0.188 bits per heavy atom. The van der Waals surface area contributed by atoms with Crippen molar-refractivity contribution in [1.82, 2.24) is 12.3 Å². The van der Waals surface area contributed by atoms with E-state index in [-0.39, 0.29) is 12.3 Å². The lowest BCUT2D eigenvalue weighted by Crippen LogP contribution is -2.68. The molecule has 0 bridgehead atoms. The molecule has 2 heterocycles. The Morgan fingerprint density at radius 2 is 0.229 bits per heavy atom. The van der Waals surface area contributed by atoms with Gasteiger partial charge in [0, 0.05) is 0 Å². The highest BCUT2D eigenvalue weighted by Gasteiger charge is 1.97. The minimum Gasteiger partial charge on any atom is -0.377 e. The van der Waals surface area contributed by atoms with Crippen LogP contribution in [0.3, 0.4) is 0 Å². The number of quaternary nitrogens is 2. The highest BCUT2D eigenvalue weighted by atomic mass is 35.7. The second-order valence-corrected chi connectivity index (χ2v) is 9.62. The first-order valence-corrected chi connectivity index (χ1v) is 16.6. The lowest BCUT2D eigenvalue weighted by Gasteiger charge is -2.17. The standard InChI is InChI=1S/2C12H24O6.2ClHO4.2H3N/c2*1-2-14-5-6-16-9-10-18-12-11-17-8-7-15-4-3-13-1;2*2-1(3,4)5;;/h2*1-12H2;2*(H,2,3,4,5);2*1H3. The van der Waals surface area contributed by atoms with Crippen molar-refractivity contribution in [3.05, 3.63) is 0 Å². The smallest absolute Gasteiger partial charge is 0.0701 e. The lowest BCUT2D eigenvalue weighted by atomic mass is 10.6. The SMILES string of the molecule is C1COCCOCCOCCOCCOCCO1.C1COCCOCCOCCOCCOCCO1.[NH4+].[NH4+].[O-][Cl+3]([O-])([O-])[O-].[O-][Cl+3]([O-])([O-])[O-]. The van der Waals surface area contributed by atoms with E-state index in [2.05, 4.69) is 0 Å². The molecule has 2 fully saturated rings. The van der Waals surface area contributed by atoms with Gasteiger partial charge in [0.2, 0.25) is 0 Å². The molecule has 0 aromatic carbocycles. The number of halogens is 2. The second kappa shape index (κ2) is 42.9. The van der Waals surface area contributed by atoms with Crippen LogP contribution in [0.1, 0.15) is 0 Å². The van der Waals surface area contributed by atoms with Crippen LogP contribution < -0.4 is 49.6 Å². The maximum atomic E-state index is 8.49. The summed E-state index contributed by atoms with van der Waals surface area (Å²) in [4.78, 5) is 0. The van der Waals surface area contributed by atoms with E-state index in [0.717, 1.165) is 0 Å². The summed E-state index contributed by atoms with van der Waals surface area (Å²) in [5, 5.41) is 0. The average molecular weight is 764 g/mol. The Kier molecular flexibility index (Phi) is 48.6. The highest BCUT2D eigenvalue weighted by molar-refractivity contribution is 4.39. The Labute approximate surface area is 285 Å². The third-order valence-corrected chi connectivity index (χ3v) is 4.46. The Balaban J connectivity index is -0.000000305. The van der Waals surface area contributed by atoms with Crippen molar-refractivity contribution in [3.8, 4) is 0 Å². The fourth-order valence-electron chi connectivity index (χ4n) is 2.64. The van der Waals surface area contributed by atoms with Gasteiger partial charge in [0.1, 0.15) is 0 Å². The van der Waals surface area contributed by atoms with Crippen LogP contribution in [0.5, 0.6) is 0 Å². The molecule has 0 aliphatic carbocycles. The molecule has 2 saturated heterocycles. The Hall–Kier alpha value is -0.300. The quantitative estimate of drug-likeness (QED) is 0.231. The zero-order valence-corrected chi connectivity index (χ0v) is 29.4. The molecule has 296 valence electrons. The van der Waals surface area contributed by atoms with E-state index in [1.165, 1.54) is 0 Å². The zero-order chi connectivity index (χ0) is 34.5. The second-order valence-electron chi connectivity index (χ2n) is 8.10. The molecule has 0 aromatic heterocycles. The summed E-state index contributed by atoms with van der Waals surface area (Å²) in [7, 11) is -9.89. The zero-order valence-electron chi connectivity index (χ0n) is 27.9. The van der Waals surface area contributed by atoms with Gasteiger partial charge in [-0.1, -0.05) is 0 Å². The molecule has 48 heavy (non-hydrogen) atoms. The van der Waals surface area contributed by atoms with E-state index in [9.17, 15) is 0 Å². The van der Waals surface area contributed by atoms with Gasteiger partial charge in [-0.05, 0) is 0 Å². The molecule has 0 aromatic rings. The summed E-state index contributed by atoms with van der Waals surface area (Å²) >= 11 is 0. The van der Waals surface area contributed by atoms with E-state index in [0.29, 0.717) is 159 Å². The number of hydrogen-bond acceptors (Lipinski definition) is 20. The first-order chi connectivity index (χ1) is 22.0. The van der Waals surface area contributed by atoms with Gasteiger partial charge >= 0.3 is 0 Å². The van der Waals surface area contributed by atoms with Crippen molar-refractivity contribution in [1.29, 1.82) is 0 Å². The van der Waals surface area contributed by atoms with Crippen LogP contribution in [0.15, 0.2) is 0 Å². The van der Waals surface area contributed by atoms with Crippen molar-refractivity contribution < 1.29 is 115 Å². The van der Waals surface area contributed by atoms with Gasteiger partial charge < -0.3 is 69.1 Å². The molecule has 0 amide bonds. The van der Waals surface area contributed by atoms with Crippen LogP contribution in [0.4, 0.5) is 0 Å². The summed E-state index contributed by atoms with van der Waals surface area (Å²) in [6.45, 7) is 14.1. The maximum Gasteiger partial charge on any atom is 0.0701 e. The average Bonchev–Trinajstić information content (AvgIpc) is 2.96. The van der Waals surface area contributed by atoms with Gasteiger partial charge in [-0.2, -0.15) is 0 Å². The van der Waals surface area contributed by atoms with Crippen LogP contribution in [-0.4, -0.2) is 159 Å². The maximum absolute atomic E-state index is 8.49. The van der Waals surface area contributed by atoms with Crippen molar-refractivity contribution >= 4 is 0 Å². The molecular formula is C24H56Cl2N2O20. The summed E-state index contributed by atoms with van der Waals surface area (Å²) in [5.74, 6) is 0. The van der Waals surface area contributed by atoms with Crippen LogP contribution in [0.25, 0.3) is 0 Å². The summed E-state index contributed by atoms with van der Waals surface area (Å²) in [6.07, 6.45) is 0. The van der Waals surface area contributed by atoms with Gasteiger partial charge in [-0.3, -0.25) is 0 Å². The van der Waals surface area contributed by atoms with Gasteiger partial charge in [0.15, 0.2) is 0 Å². The third kappa shape index (κ3) is 71.6. The minimum atomic E-state index is -4.94. The van der Waals surface area contributed by atoms with E-state index < -0.39 is 20.5 Å². The van der Waals surface area contributed by atoms with Crippen molar-refractivity contribution in [2.75, 3.05) is 159 Å². The molecule has 0 spiro atoms. The van der Waals surface area contributed by atoms with Gasteiger partial charge in [-0.25, -0.2) is 37.3 Å². The molecule has 22 nitrogen and oxygen atoms in total. The molecule has 2 aliphatic rings. The Morgan fingerprint density at radius 3 is 0.271 bits per heavy atom. The van der Waals surface area contributed by atoms with Crippen molar-refractivity contribution in [2.45, 2.75) is 0 Å². The molecule has 0 saturated carbocycles. The van der Waals surface area contributed by atoms with Crippen LogP contribution in [-0.2, 0) is 56.8 Å². The van der Waals surface area contributed by atoms with Gasteiger partial charge in [-0.15, -0.1) is 20.5 Å². The van der Waals surface area contributed by atoms with Gasteiger partial charge in [0.05, 0.1) is 159 Å². The summed E-state index contributed by atoms with van der Waals surface area (Å²) < 4.78 is 132. The highest BCUT2D eigenvalue weighted by Crippen LogP contribution is 1.88. The monoisotopic (exact) mass is 762 g/mol. The predicted octanol–water partition coefficient (Wildman–Crippen LogP) is -8.56. The molecule has 2 rings (SSSR count). The van der Waals surface area contributed by atoms with Crippen LogP contribution in [0, 0.1) is 20.5 Å². The topological polar surface area (TPSA) is 368 Å². The molecule has 2 aliphatic heterocycles. The van der Waals surface area contributed by atoms with E-state index in [4.69, 9.17) is 94.1 Å². The lowest BCUT2D eigenvalue weighted by molar-refractivity contribution is -2.00. The van der Waals surface area contributed by atoms with Gasteiger partial charge in [0.25, 0.3) is 0 Å². The summed E-state index contributed by atoms with van der Waals surface area (Å²) in [6, 6.07) is 0. The molecule has 0 unspecified atom stereocenters. The predicted molar refractivity (Wildman–Crippen MR) is 142 cm³/mol. The van der Waals surface area contributed by atoms with E-state index in [1.54, 1.807) is 0 Å². The molecule has 0 radical (unpaired) electrons. The molecule has 8 N–H and O–H groups in total. The van der Waals surface area contributed by atoms with Crippen molar-refractivity contribution in [2.24, 2.45) is 0 Å². The largest absolute Gasteiger partial charge is 0.377 e. The summed E-state index contributed by atoms with van der Waals surface area (Å²) in [5.41, 5.74) is 0. The molecular weight excluding hydrogens is 707 g/mol. The minimum absolute atomic E-state index is 0. The van der Waals surface area contributed by atoms with Crippen molar-refractivity contribution in [3.63, 3.8) is 0 Å². The number of hydrogen-bond donors (Lipinski definition) is 2. The van der Waals surface area contributed by atoms with E-state index >= 15 is 0 Å². The Bertz CT molecular complexity index is 375. The number of ether oxygens (including phenoxy) is 12. The normalized spacial score (nSPS) is 20.5. The fraction of sp³-hybridized carbons (Fsp3) is 1.00. The number of rotatable bonds is 0. The fourth-order valence-corrected chi connectivity index (χ4v) is 2.64. The third-order valence-electron chi connectivity index (χ3n) is 4.46. The molecule has 24 heteroatoms. The first-order valence-electron chi connectivity index (χ1n) is 14.2.